The van der Waals surface area contributed by atoms with E-state index in [0.29, 0.717) is 5.92 Å². The molecule has 1 aromatic carbocycles. The summed E-state index contributed by atoms with van der Waals surface area (Å²) >= 11 is 0. The molecular weight excluding hydrogens is 324 g/mol. The number of nitrogens with zero attached hydrogens (tertiary/aromatic N) is 3. The average Bonchev–Trinajstić information content (AvgIpc) is 2.98. The highest BCUT2D eigenvalue weighted by Crippen LogP contribution is 2.22. The van der Waals surface area contributed by atoms with Gasteiger partial charge in [-0.1, -0.05) is 29.8 Å². The Balaban J connectivity index is 1.40. The van der Waals surface area contributed by atoms with Crippen LogP contribution in [-0.2, 0) is 13.0 Å². The molecule has 2 fully saturated rings. The van der Waals surface area contributed by atoms with Crippen molar-refractivity contribution >= 4 is 0 Å². The van der Waals surface area contributed by atoms with E-state index < -0.39 is 0 Å². The maximum atomic E-state index is 5.56. The van der Waals surface area contributed by atoms with Gasteiger partial charge >= 0.3 is 0 Å². The molecule has 0 bridgehead atoms. The number of piperidine rings is 1. The number of rotatable bonds is 5. The lowest BCUT2D eigenvalue weighted by atomic mass is 9.97. The Morgan fingerprint density at radius 1 is 1.08 bits per heavy atom. The van der Waals surface area contributed by atoms with Crippen molar-refractivity contribution < 1.29 is 4.52 Å². The fourth-order valence-corrected chi connectivity index (χ4v) is 4.18. The van der Waals surface area contributed by atoms with E-state index in [1.54, 1.807) is 0 Å². The monoisotopic (exact) mass is 354 g/mol. The normalized spacial score (nSPS) is 22.2. The Kier molecular flexibility index (Phi) is 5.97. The van der Waals surface area contributed by atoms with Gasteiger partial charge in [-0.25, -0.2) is 0 Å². The topological polar surface area (TPSA) is 54.2 Å². The van der Waals surface area contributed by atoms with Crippen LogP contribution in [0.25, 0.3) is 11.4 Å². The second-order valence-electron chi connectivity index (χ2n) is 7.80. The molecule has 3 heterocycles. The first kappa shape index (κ1) is 17.7. The Morgan fingerprint density at radius 2 is 2.00 bits per heavy atom. The number of hydrogen-bond acceptors (Lipinski definition) is 5. The molecule has 1 N–H and O–H groups in total. The molecule has 4 rings (SSSR count). The van der Waals surface area contributed by atoms with Crippen LogP contribution in [0.1, 0.15) is 50.0 Å². The highest BCUT2D eigenvalue weighted by Gasteiger charge is 2.17. The molecule has 140 valence electrons. The summed E-state index contributed by atoms with van der Waals surface area (Å²) in [6.45, 7) is 5.69. The molecule has 0 saturated carbocycles. The Hall–Kier alpha value is -1.72. The highest BCUT2D eigenvalue weighted by atomic mass is 16.5. The minimum absolute atomic E-state index is 0.656. The summed E-state index contributed by atoms with van der Waals surface area (Å²) in [6, 6.07) is 8.63. The molecule has 26 heavy (non-hydrogen) atoms. The molecule has 2 aromatic rings. The zero-order chi connectivity index (χ0) is 17.6. The molecule has 0 amide bonds. The van der Waals surface area contributed by atoms with E-state index in [4.69, 9.17) is 4.52 Å². The van der Waals surface area contributed by atoms with Gasteiger partial charge in [-0.05, 0) is 75.8 Å². The third-order valence-corrected chi connectivity index (χ3v) is 5.67. The lowest BCUT2D eigenvalue weighted by molar-refractivity contribution is 0.221. The van der Waals surface area contributed by atoms with Crippen LogP contribution >= 0.6 is 0 Å². The Bertz CT molecular complexity index is 685. The van der Waals surface area contributed by atoms with Crippen LogP contribution in [0.5, 0.6) is 0 Å². The van der Waals surface area contributed by atoms with E-state index in [2.05, 4.69) is 44.6 Å². The molecule has 1 aromatic heterocycles. The Morgan fingerprint density at radius 3 is 2.92 bits per heavy atom. The van der Waals surface area contributed by atoms with Gasteiger partial charge in [0.1, 0.15) is 0 Å². The van der Waals surface area contributed by atoms with Crippen LogP contribution in [0.2, 0.25) is 0 Å². The Labute approximate surface area is 156 Å². The molecule has 2 aliphatic heterocycles. The first-order valence-electron chi connectivity index (χ1n) is 10.2. The summed E-state index contributed by atoms with van der Waals surface area (Å²) in [4.78, 5) is 7.23. The summed E-state index contributed by atoms with van der Waals surface area (Å²) in [5, 5.41) is 7.71. The minimum Gasteiger partial charge on any atom is -0.339 e. The van der Waals surface area contributed by atoms with Crippen LogP contribution in [0.4, 0.5) is 0 Å². The van der Waals surface area contributed by atoms with Crippen LogP contribution in [0, 0.1) is 5.92 Å². The SMILES string of the molecule is c1cc(CN2CCCCC2)cc(-c2noc(CC3CCCNCC3)n2)c1. The van der Waals surface area contributed by atoms with Gasteiger partial charge < -0.3 is 9.84 Å². The lowest BCUT2D eigenvalue weighted by Crippen LogP contribution is -2.29. The molecule has 1 atom stereocenters. The number of likely N-dealkylation sites (tertiary alicyclic amines) is 1. The van der Waals surface area contributed by atoms with Crippen molar-refractivity contribution in [3.63, 3.8) is 0 Å². The maximum absolute atomic E-state index is 5.56. The van der Waals surface area contributed by atoms with Crippen LogP contribution in [0.3, 0.4) is 0 Å². The number of benzene rings is 1. The second-order valence-corrected chi connectivity index (χ2v) is 7.80. The zero-order valence-electron chi connectivity index (χ0n) is 15.6. The molecule has 0 spiro atoms. The third-order valence-electron chi connectivity index (χ3n) is 5.67. The minimum atomic E-state index is 0.656. The smallest absolute Gasteiger partial charge is 0.227 e. The predicted molar refractivity (Wildman–Crippen MR) is 103 cm³/mol. The summed E-state index contributed by atoms with van der Waals surface area (Å²) in [5.41, 5.74) is 2.41. The average molecular weight is 354 g/mol. The quantitative estimate of drug-likeness (QED) is 0.888. The molecule has 1 unspecified atom stereocenters. The van der Waals surface area contributed by atoms with E-state index in [-0.39, 0.29) is 0 Å². The van der Waals surface area contributed by atoms with E-state index >= 15 is 0 Å². The number of hydrogen-bond donors (Lipinski definition) is 1. The van der Waals surface area contributed by atoms with Crippen LogP contribution in [-0.4, -0.2) is 41.2 Å². The lowest BCUT2D eigenvalue weighted by Gasteiger charge is -2.26. The number of nitrogens with one attached hydrogen (secondary N) is 1. The molecule has 0 aliphatic carbocycles. The van der Waals surface area contributed by atoms with Gasteiger partial charge in [0.2, 0.25) is 11.7 Å². The van der Waals surface area contributed by atoms with Gasteiger partial charge in [0.05, 0.1) is 0 Å². The molecular formula is C21H30N4O. The summed E-state index contributed by atoms with van der Waals surface area (Å²) < 4.78 is 5.56. The van der Waals surface area contributed by atoms with Crippen molar-refractivity contribution in [2.45, 2.75) is 51.5 Å². The van der Waals surface area contributed by atoms with Gasteiger partial charge in [0.25, 0.3) is 0 Å². The van der Waals surface area contributed by atoms with Crippen molar-refractivity contribution in [2.75, 3.05) is 26.2 Å². The van der Waals surface area contributed by atoms with Gasteiger partial charge in [-0.15, -0.1) is 0 Å². The van der Waals surface area contributed by atoms with E-state index in [0.717, 1.165) is 43.3 Å². The number of aromatic nitrogens is 2. The van der Waals surface area contributed by atoms with Crippen LogP contribution < -0.4 is 5.32 Å². The third kappa shape index (κ3) is 4.71. The van der Waals surface area contributed by atoms with E-state index in [1.165, 1.54) is 57.2 Å². The van der Waals surface area contributed by atoms with E-state index in [1.807, 2.05) is 0 Å². The molecule has 2 aliphatic rings. The molecule has 5 heteroatoms. The van der Waals surface area contributed by atoms with Crippen molar-refractivity contribution in [3.05, 3.63) is 35.7 Å². The van der Waals surface area contributed by atoms with Crippen LogP contribution in [0.15, 0.2) is 28.8 Å². The summed E-state index contributed by atoms with van der Waals surface area (Å²) in [5.74, 6) is 2.17. The highest BCUT2D eigenvalue weighted by molar-refractivity contribution is 5.55. The molecule has 0 radical (unpaired) electrons. The van der Waals surface area contributed by atoms with Crippen molar-refractivity contribution in [2.24, 2.45) is 5.92 Å². The maximum Gasteiger partial charge on any atom is 0.227 e. The second kappa shape index (κ2) is 8.78. The standard InChI is InChI=1S/C21H30N4O/c1-2-12-25(13-3-1)16-18-6-4-8-19(14-18)21-23-20(26-24-21)15-17-7-5-10-22-11-9-17/h4,6,8,14,17,22H,1-3,5,7,9-13,15-16H2. The van der Waals surface area contributed by atoms with Crippen molar-refractivity contribution in [1.29, 1.82) is 0 Å². The fourth-order valence-electron chi connectivity index (χ4n) is 4.18. The van der Waals surface area contributed by atoms with Crippen molar-refractivity contribution in [3.8, 4) is 11.4 Å². The van der Waals surface area contributed by atoms with E-state index in [9.17, 15) is 0 Å². The van der Waals surface area contributed by atoms with Gasteiger partial charge in [0.15, 0.2) is 0 Å². The predicted octanol–water partition coefficient (Wildman–Crippen LogP) is 3.65. The van der Waals surface area contributed by atoms with Crippen molar-refractivity contribution in [1.82, 2.24) is 20.4 Å². The fraction of sp³-hybridized carbons (Fsp3) is 0.619. The first-order chi connectivity index (χ1) is 12.9. The van der Waals surface area contributed by atoms with Gasteiger partial charge in [-0.2, -0.15) is 4.98 Å². The van der Waals surface area contributed by atoms with Gasteiger partial charge in [0, 0.05) is 18.5 Å². The first-order valence-corrected chi connectivity index (χ1v) is 10.2. The summed E-state index contributed by atoms with van der Waals surface area (Å²) in [6.07, 6.45) is 8.61. The molecule has 2 saturated heterocycles. The largest absolute Gasteiger partial charge is 0.339 e. The molecule has 5 nitrogen and oxygen atoms in total. The zero-order valence-corrected chi connectivity index (χ0v) is 15.6. The summed E-state index contributed by atoms with van der Waals surface area (Å²) in [7, 11) is 0. The van der Waals surface area contributed by atoms with Gasteiger partial charge in [-0.3, -0.25) is 4.90 Å².